The minimum Gasteiger partial charge on any atom is -0.494 e. The highest BCUT2D eigenvalue weighted by molar-refractivity contribution is 6.30. The molecule has 4 rings (SSSR count). The number of unbranched alkanes of at least 4 members (excludes halogenated alkanes) is 1. The molecule has 0 aliphatic carbocycles. The van der Waals surface area contributed by atoms with Gasteiger partial charge in [-0.15, -0.1) is 0 Å². The lowest BCUT2D eigenvalue weighted by molar-refractivity contribution is 0.0937. The van der Waals surface area contributed by atoms with E-state index in [-0.39, 0.29) is 11.9 Å². The first kappa shape index (κ1) is 21.8. The van der Waals surface area contributed by atoms with Gasteiger partial charge in [0.25, 0.3) is 5.91 Å². The molecule has 32 heavy (non-hydrogen) atoms. The zero-order chi connectivity index (χ0) is 22.3. The van der Waals surface area contributed by atoms with E-state index >= 15 is 0 Å². The third-order valence-electron chi connectivity index (χ3n) is 5.20. The number of imidazole rings is 1. The van der Waals surface area contributed by atoms with Crippen molar-refractivity contribution >= 4 is 28.5 Å². The average molecular weight is 449 g/mol. The largest absolute Gasteiger partial charge is 0.494 e. The van der Waals surface area contributed by atoms with Crippen molar-refractivity contribution in [1.82, 2.24) is 19.9 Å². The summed E-state index contributed by atoms with van der Waals surface area (Å²) in [5.41, 5.74) is 2.51. The molecule has 2 aromatic carbocycles. The molecular weight excluding hydrogens is 424 g/mol. The number of fused-ring (bicyclic) bond motifs is 1. The second-order valence-electron chi connectivity index (χ2n) is 7.56. The fraction of sp³-hybridized carbons (Fsp3) is 0.240. The third kappa shape index (κ3) is 5.26. The Morgan fingerprint density at radius 1 is 1.09 bits per heavy atom. The first-order valence-corrected chi connectivity index (χ1v) is 11.0. The number of nitrogens with zero attached hydrogens (tertiary/aromatic N) is 3. The number of aromatic nitrogens is 3. The summed E-state index contributed by atoms with van der Waals surface area (Å²) in [6, 6.07) is 18.7. The van der Waals surface area contributed by atoms with Crippen LogP contribution in [0.25, 0.3) is 11.0 Å². The predicted octanol–water partition coefficient (Wildman–Crippen LogP) is 5.43. The third-order valence-corrected chi connectivity index (χ3v) is 5.45. The number of pyridine rings is 1. The lowest BCUT2D eigenvalue weighted by Gasteiger charge is -2.16. The van der Waals surface area contributed by atoms with Crippen LogP contribution in [0.4, 0.5) is 0 Å². The van der Waals surface area contributed by atoms with Crippen LogP contribution in [0.5, 0.6) is 5.75 Å². The molecule has 0 aliphatic rings. The first-order valence-electron chi connectivity index (χ1n) is 10.7. The van der Waals surface area contributed by atoms with Crippen LogP contribution in [0.15, 0.2) is 73.1 Å². The standard InChI is InChI=1S/C25H25ClN4O2/c1-18(28-25(31)19-7-6-14-27-17-19)24-29-22-8-2-3-9-23(22)30(24)15-4-5-16-32-21-12-10-20(26)11-13-21/h2-3,6-14,17-18H,4-5,15-16H2,1H3,(H,28,31). The van der Waals surface area contributed by atoms with Crippen molar-refractivity contribution in [3.8, 4) is 5.75 Å². The van der Waals surface area contributed by atoms with Gasteiger partial charge in [0.05, 0.1) is 29.2 Å². The number of aryl methyl sites for hydroxylation is 1. The number of hydrogen-bond donors (Lipinski definition) is 1. The Labute approximate surface area is 192 Å². The van der Waals surface area contributed by atoms with Crippen molar-refractivity contribution in [2.75, 3.05) is 6.61 Å². The molecule has 1 atom stereocenters. The van der Waals surface area contributed by atoms with Gasteiger partial charge in [0.15, 0.2) is 0 Å². The van der Waals surface area contributed by atoms with Gasteiger partial charge in [-0.05, 0) is 68.3 Å². The maximum absolute atomic E-state index is 12.6. The highest BCUT2D eigenvalue weighted by Gasteiger charge is 2.19. The molecule has 2 heterocycles. The van der Waals surface area contributed by atoms with Crippen LogP contribution in [0.2, 0.25) is 5.02 Å². The minimum absolute atomic E-state index is 0.166. The van der Waals surface area contributed by atoms with Crippen molar-refractivity contribution < 1.29 is 9.53 Å². The number of benzene rings is 2. The van der Waals surface area contributed by atoms with Gasteiger partial charge in [-0.1, -0.05) is 23.7 Å². The van der Waals surface area contributed by atoms with Crippen molar-refractivity contribution in [2.24, 2.45) is 0 Å². The van der Waals surface area contributed by atoms with Crippen LogP contribution >= 0.6 is 11.6 Å². The molecule has 0 bridgehead atoms. The number of amides is 1. The normalized spacial score (nSPS) is 11.9. The molecule has 1 amide bonds. The molecule has 4 aromatic rings. The molecule has 0 radical (unpaired) electrons. The molecule has 0 saturated carbocycles. The van der Waals surface area contributed by atoms with Crippen LogP contribution in [0.3, 0.4) is 0 Å². The number of ether oxygens (including phenoxy) is 1. The highest BCUT2D eigenvalue weighted by Crippen LogP contribution is 2.22. The quantitative estimate of drug-likeness (QED) is 0.346. The summed E-state index contributed by atoms with van der Waals surface area (Å²) < 4.78 is 7.99. The lowest BCUT2D eigenvalue weighted by atomic mass is 10.2. The number of para-hydroxylation sites is 2. The van der Waals surface area contributed by atoms with Crippen LogP contribution in [0, 0.1) is 0 Å². The molecular formula is C25H25ClN4O2. The zero-order valence-corrected chi connectivity index (χ0v) is 18.6. The summed E-state index contributed by atoms with van der Waals surface area (Å²) >= 11 is 5.91. The van der Waals surface area contributed by atoms with Gasteiger partial charge < -0.3 is 14.6 Å². The second-order valence-corrected chi connectivity index (χ2v) is 7.99. The summed E-state index contributed by atoms with van der Waals surface area (Å²) in [6.07, 6.45) is 5.03. The van der Waals surface area contributed by atoms with Crippen LogP contribution in [-0.2, 0) is 6.54 Å². The molecule has 0 spiro atoms. The Morgan fingerprint density at radius 2 is 1.91 bits per heavy atom. The van der Waals surface area contributed by atoms with Crippen molar-refractivity contribution in [3.63, 3.8) is 0 Å². The van der Waals surface area contributed by atoms with E-state index in [0.29, 0.717) is 17.2 Å². The second kappa shape index (κ2) is 10.3. The van der Waals surface area contributed by atoms with E-state index in [0.717, 1.165) is 42.0 Å². The van der Waals surface area contributed by atoms with E-state index in [2.05, 4.69) is 20.9 Å². The Morgan fingerprint density at radius 3 is 2.69 bits per heavy atom. The smallest absolute Gasteiger partial charge is 0.253 e. The van der Waals surface area contributed by atoms with E-state index in [1.54, 1.807) is 24.5 Å². The van der Waals surface area contributed by atoms with Gasteiger partial charge in [0.1, 0.15) is 11.6 Å². The molecule has 1 unspecified atom stereocenters. The van der Waals surface area contributed by atoms with E-state index < -0.39 is 0 Å². The zero-order valence-electron chi connectivity index (χ0n) is 17.9. The number of hydrogen-bond acceptors (Lipinski definition) is 4. The van der Waals surface area contributed by atoms with Crippen molar-refractivity contribution in [3.05, 3.63) is 89.5 Å². The van der Waals surface area contributed by atoms with Crippen molar-refractivity contribution in [2.45, 2.75) is 32.4 Å². The Kier molecular flexibility index (Phi) is 7.02. The number of rotatable bonds is 9. The SMILES string of the molecule is CC(NC(=O)c1cccnc1)c1nc2ccccc2n1CCCCOc1ccc(Cl)cc1. The number of halogens is 1. The number of nitrogens with one attached hydrogen (secondary N) is 1. The fourth-order valence-corrected chi connectivity index (χ4v) is 3.72. The Hall–Kier alpha value is -3.38. The first-order chi connectivity index (χ1) is 15.6. The molecule has 2 aromatic heterocycles. The summed E-state index contributed by atoms with van der Waals surface area (Å²) in [7, 11) is 0. The van der Waals surface area contributed by atoms with Gasteiger partial charge >= 0.3 is 0 Å². The van der Waals surface area contributed by atoms with E-state index in [9.17, 15) is 4.79 Å². The molecule has 0 aliphatic heterocycles. The summed E-state index contributed by atoms with van der Waals surface area (Å²) in [4.78, 5) is 21.4. The molecule has 0 saturated heterocycles. The molecule has 0 fully saturated rings. The van der Waals surface area contributed by atoms with Crippen molar-refractivity contribution in [1.29, 1.82) is 0 Å². The molecule has 1 N–H and O–H groups in total. The van der Waals surface area contributed by atoms with Crippen LogP contribution in [-0.4, -0.2) is 27.0 Å². The van der Waals surface area contributed by atoms with Crippen LogP contribution in [0.1, 0.15) is 42.0 Å². The van der Waals surface area contributed by atoms with Gasteiger partial charge in [-0.25, -0.2) is 4.98 Å². The molecule has 6 nitrogen and oxygen atoms in total. The van der Waals surface area contributed by atoms with Gasteiger partial charge in [-0.2, -0.15) is 0 Å². The van der Waals surface area contributed by atoms with Gasteiger partial charge in [0, 0.05) is 24.0 Å². The molecule has 7 heteroatoms. The highest BCUT2D eigenvalue weighted by atomic mass is 35.5. The van der Waals surface area contributed by atoms with Gasteiger partial charge in [0.2, 0.25) is 0 Å². The van der Waals surface area contributed by atoms with E-state index in [1.165, 1.54) is 0 Å². The van der Waals surface area contributed by atoms with Crippen LogP contribution < -0.4 is 10.1 Å². The fourth-order valence-electron chi connectivity index (χ4n) is 3.59. The number of carbonyl (C=O) groups is 1. The number of carbonyl (C=O) groups excluding carboxylic acids is 1. The monoisotopic (exact) mass is 448 g/mol. The summed E-state index contributed by atoms with van der Waals surface area (Å²) in [5, 5.41) is 3.74. The Bertz CT molecular complexity index is 1180. The van der Waals surface area contributed by atoms with Gasteiger partial charge in [-0.3, -0.25) is 9.78 Å². The Balaban J connectivity index is 1.41. The lowest BCUT2D eigenvalue weighted by Crippen LogP contribution is -2.28. The molecule has 164 valence electrons. The topological polar surface area (TPSA) is 69.0 Å². The maximum atomic E-state index is 12.6. The van der Waals surface area contributed by atoms with E-state index in [4.69, 9.17) is 21.3 Å². The average Bonchev–Trinajstić information content (AvgIpc) is 3.19. The summed E-state index contributed by atoms with van der Waals surface area (Å²) in [5.74, 6) is 1.48. The predicted molar refractivity (Wildman–Crippen MR) is 126 cm³/mol. The summed E-state index contributed by atoms with van der Waals surface area (Å²) in [6.45, 7) is 3.36. The maximum Gasteiger partial charge on any atom is 0.253 e. The minimum atomic E-state index is -0.250. The van der Waals surface area contributed by atoms with E-state index in [1.807, 2.05) is 49.4 Å².